The van der Waals surface area contributed by atoms with Gasteiger partial charge in [-0.25, -0.2) is 0 Å². The molecule has 0 saturated heterocycles. The van der Waals surface area contributed by atoms with Crippen LogP contribution in [0, 0.1) is 47.3 Å². The number of hydrogen-bond acceptors (Lipinski definition) is 0. The molecule has 5 aliphatic rings. The van der Waals surface area contributed by atoms with Gasteiger partial charge in [0, 0.05) is 0 Å². The minimum atomic E-state index is 1.24. The zero-order chi connectivity index (χ0) is 7.45. The van der Waals surface area contributed by atoms with Crippen LogP contribution in [0.4, 0.5) is 0 Å². The monoisotopic (exact) mass is 160 g/mol. The van der Waals surface area contributed by atoms with Crippen molar-refractivity contribution in [2.75, 3.05) is 0 Å². The van der Waals surface area contributed by atoms with Gasteiger partial charge in [0.1, 0.15) is 0 Å². The highest BCUT2D eigenvalue weighted by atomic mass is 14.8. The third-order valence-corrected chi connectivity index (χ3v) is 6.58. The summed E-state index contributed by atoms with van der Waals surface area (Å²) >= 11 is 0. The summed E-state index contributed by atoms with van der Waals surface area (Å²) in [5.41, 5.74) is 0. The topological polar surface area (TPSA) is 0 Å². The van der Waals surface area contributed by atoms with Crippen molar-refractivity contribution in [2.24, 2.45) is 47.3 Å². The summed E-state index contributed by atoms with van der Waals surface area (Å²) in [7, 11) is 0. The molecule has 0 heterocycles. The van der Waals surface area contributed by atoms with E-state index in [1.54, 1.807) is 25.7 Å². The van der Waals surface area contributed by atoms with E-state index in [1.165, 1.54) is 47.3 Å². The molecule has 64 valence electrons. The van der Waals surface area contributed by atoms with E-state index in [-0.39, 0.29) is 0 Å². The highest BCUT2D eigenvalue weighted by molar-refractivity contribution is 5.19. The lowest BCUT2D eigenvalue weighted by Gasteiger charge is -2.25. The van der Waals surface area contributed by atoms with Gasteiger partial charge in [0.2, 0.25) is 0 Å². The summed E-state index contributed by atoms with van der Waals surface area (Å²) in [4.78, 5) is 0. The summed E-state index contributed by atoms with van der Waals surface area (Å²) in [5.74, 6) is 9.95. The van der Waals surface area contributed by atoms with Crippen molar-refractivity contribution in [3.63, 3.8) is 0 Å². The minimum absolute atomic E-state index is 1.24. The Bertz CT molecular complexity index is 173. The van der Waals surface area contributed by atoms with Gasteiger partial charge in [-0.3, -0.25) is 0 Å². The van der Waals surface area contributed by atoms with Crippen LogP contribution >= 0.6 is 0 Å². The first kappa shape index (κ1) is 5.67. The SMILES string of the molecule is C1C2C3CC4C5CC3C1C5CC24. The fourth-order valence-corrected chi connectivity index (χ4v) is 6.59. The van der Waals surface area contributed by atoms with Crippen molar-refractivity contribution >= 4 is 0 Å². The van der Waals surface area contributed by atoms with Gasteiger partial charge in [0.05, 0.1) is 0 Å². The van der Waals surface area contributed by atoms with Gasteiger partial charge in [-0.15, -0.1) is 0 Å². The first-order chi connectivity index (χ1) is 5.93. The molecule has 0 unspecified atom stereocenters. The molecule has 5 rings (SSSR count). The maximum Gasteiger partial charge on any atom is -0.0349 e. The third-order valence-electron chi connectivity index (χ3n) is 6.58. The molecule has 0 amide bonds. The molecule has 12 heavy (non-hydrogen) atoms. The van der Waals surface area contributed by atoms with Gasteiger partial charge in [-0.2, -0.15) is 0 Å². The Morgan fingerprint density at radius 3 is 0.667 bits per heavy atom. The quantitative estimate of drug-likeness (QED) is 0.511. The van der Waals surface area contributed by atoms with Crippen LogP contribution in [0.25, 0.3) is 0 Å². The average Bonchev–Trinajstić information content (AvgIpc) is 2.62. The molecule has 5 saturated carbocycles. The summed E-state index contributed by atoms with van der Waals surface area (Å²) < 4.78 is 0. The van der Waals surface area contributed by atoms with Crippen molar-refractivity contribution in [3.05, 3.63) is 0 Å². The van der Waals surface area contributed by atoms with Crippen LogP contribution < -0.4 is 0 Å². The zero-order valence-electron chi connectivity index (χ0n) is 7.45. The molecular weight excluding hydrogens is 144 g/mol. The van der Waals surface area contributed by atoms with Crippen LogP contribution in [-0.2, 0) is 0 Å². The van der Waals surface area contributed by atoms with Gasteiger partial charge in [0.15, 0.2) is 0 Å². The van der Waals surface area contributed by atoms with E-state index >= 15 is 0 Å². The Labute approximate surface area is 73.7 Å². The molecule has 0 heteroatoms. The first-order valence-electron chi connectivity index (χ1n) is 5.93. The molecule has 0 aromatic carbocycles. The third kappa shape index (κ3) is 0.352. The molecule has 0 nitrogen and oxygen atoms in total. The molecular formula is C12H16. The molecule has 5 fully saturated rings. The van der Waals surface area contributed by atoms with Gasteiger partial charge in [-0.05, 0) is 73.0 Å². The molecule has 0 aliphatic heterocycles. The summed E-state index contributed by atoms with van der Waals surface area (Å²) in [5, 5.41) is 0. The van der Waals surface area contributed by atoms with Gasteiger partial charge < -0.3 is 0 Å². The summed E-state index contributed by atoms with van der Waals surface area (Å²) in [6.45, 7) is 0. The highest BCUT2D eigenvalue weighted by Gasteiger charge is 2.70. The predicted octanol–water partition coefficient (Wildman–Crippen LogP) is 2.54. The van der Waals surface area contributed by atoms with Crippen LogP contribution in [0.15, 0.2) is 0 Å². The van der Waals surface area contributed by atoms with Crippen molar-refractivity contribution in [1.29, 1.82) is 0 Å². The molecule has 0 atom stereocenters. The van der Waals surface area contributed by atoms with Crippen molar-refractivity contribution in [3.8, 4) is 0 Å². The number of hydrogen-bond donors (Lipinski definition) is 0. The fraction of sp³-hybridized carbons (Fsp3) is 1.00. The molecule has 0 aromatic rings. The summed E-state index contributed by atoms with van der Waals surface area (Å²) in [6, 6.07) is 0. The lowest BCUT2D eigenvalue weighted by molar-refractivity contribution is 0.239. The molecule has 0 aromatic heterocycles. The molecule has 0 spiro atoms. The van der Waals surface area contributed by atoms with Crippen LogP contribution in [0.5, 0.6) is 0 Å². The maximum atomic E-state index is 1.68. The lowest BCUT2D eigenvalue weighted by atomic mass is 9.80. The second-order valence-electron chi connectivity index (χ2n) is 6.25. The first-order valence-corrected chi connectivity index (χ1v) is 5.93. The second-order valence-corrected chi connectivity index (χ2v) is 6.25. The lowest BCUT2D eigenvalue weighted by Crippen LogP contribution is -2.18. The molecule has 0 radical (unpaired) electrons. The predicted molar refractivity (Wildman–Crippen MR) is 46.4 cm³/mol. The number of rotatable bonds is 0. The smallest absolute Gasteiger partial charge is 0.0349 e. The summed E-state index contributed by atoms with van der Waals surface area (Å²) in [6.07, 6.45) is 6.71. The fourth-order valence-electron chi connectivity index (χ4n) is 6.59. The minimum Gasteiger partial charge on any atom is -0.0465 e. The van der Waals surface area contributed by atoms with E-state index in [0.717, 1.165) is 0 Å². The van der Waals surface area contributed by atoms with Crippen LogP contribution in [0.1, 0.15) is 25.7 Å². The Morgan fingerprint density at radius 1 is 0.333 bits per heavy atom. The van der Waals surface area contributed by atoms with Gasteiger partial charge >= 0.3 is 0 Å². The second kappa shape index (κ2) is 1.40. The van der Waals surface area contributed by atoms with E-state index < -0.39 is 0 Å². The van der Waals surface area contributed by atoms with Crippen LogP contribution in [0.2, 0.25) is 0 Å². The standard InChI is InChI=1S/C12H16/c1-5-7-3-11-9(5)2-10-6(1)8(7)4-12(10)11/h5-12H,1-4H2. The van der Waals surface area contributed by atoms with E-state index in [1.807, 2.05) is 0 Å². The van der Waals surface area contributed by atoms with E-state index in [4.69, 9.17) is 0 Å². The van der Waals surface area contributed by atoms with Crippen LogP contribution in [0.3, 0.4) is 0 Å². The van der Waals surface area contributed by atoms with Crippen molar-refractivity contribution < 1.29 is 0 Å². The largest absolute Gasteiger partial charge is 0.0465 e. The normalized spacial score (nSPS) is 80.0. The highest BCUT2D eigenvalue weighted by Crippen LogP contribution is 2.77. The van der Waals surface area contributed by atoms with E-state index in [2.05, 4.69) is 0 Å². The molecule has 0 N–H and O–H groups in total. The Balaban J connectivity index is 1.88. The zero-order valence-corrected chi connectivity index (χ0v) is 7.45. The Kier molecular flexibility index (Phi) is 0.663. The van der Waals surface area contributed by atoms with Crippen molar-refractivity contribution in [2.45, 2.75) is 25.7 Å². The van der Waals surface area contributed by atoms with Crippen molar-refractivity contribution in [1.82, 2.24) is 0 Å². The van der Waals surface area contributed by atoms with Crippen LogP contribution in [-0.4, -0.2) is 0 Å². The molecule has 5 aliphatic carbocycles. The maximum absolute atomic E-state index is 1.68. The van der Waals surface area contributed by atoms with E-state index in [9.17, 15) is 0 Å². The van der Waals surface area contributed by atoms with Gasteiger partial charge in [-0.1, -0.05) is 0 Å². The molecule has 8 bridgehead atoms. The Hall–Kier alpha value is 0. The Morgan fingerprint density at radius 2 is 0.500 bits per heavy atom. The van der Waals surface area contributed by atoms with Gasteiger partial charge in [0.25, 0.3) is 0 Å². The average molecular weight is 160 g/mol. The van der Waals surface area contributed by atoms with E-state index in [0.29, 0.717) is 0 Å².